The van der Waals surface area contributed by atoms with Gasteiger partial charge in [-0.1, -0.05) is 35.3 Å². The molecule has 5 rings (SSSR count). The number of benzene rings is 1. The molecule has 4 aromatic rings. The van der Waals surface area contributed by atoms with Gasteiger partial charge in [0.1, 0.15) is 8.55 Å². The normalized spacial score (nSPS) is 14.1. The molecule has 1 aliphatic rings. The van der Waals surface area contributed by atoms with Gasteiger partial charge in [-0.2, -0.15) is 5.10 Å². The lowest BCUT2D eigenvalue weighted by Crippen LogP contribution is -2.45. The fourth-order valence-electron chi connectivity index (χ4n) is 3.72. The summed E-state index contributed by atoms with van der Waals surface area (Å²) < 4.78 is 34.8. The van der Waals surface area contributed by atoms with E-state index in [1.54, 1.807) is 16.6 Å². The Balaban J connectivity index is 1.40. The minimum Gasteiger partial charge on any atom is -0.404 e. The fraction of sp³-hybridized carbons (Fsp3) is 0.292. The summed E-state index contributed by atoms with van der Waals surface area (Å²) in [6.45, 7) is 2.67. The van der Waals surface area contributed by atoms with Crippen molar-refractivity contribution >= 4 is 62.0 Å². The number of sulfonamides is 1. The minimum absolute atomic E-state index is 0.0446. The van der Waals surface area contributed by atoms with Gasteiger partial charge >= 0.3 is 6.09 Å². The molecule has 1 saturated carbocycles. The van der Waals surface area contributed by atoms with Gasteiger partial charge in [0.2, 0.25) is 0 Å². The van der Waals surface area contributed by atoms with Gasteiger partial charge in [0.25, 0.3) is 10.0 Å². The Morgan fingerprint density at radius 2 is 1.95 bits per heavy atom. The number of nitrogens with one attached hydrogen (secondary N) is 2. The lowest BCUT2D eigenvalue weighted by Gasteiger charge is -2.22. The number of aromatic nitrogens is 3. The van der Waals surface area contributed by atoms with E-state index in [1.165, 1.54) is 26.1 Å². The van der Waals surface area contributed by atoms with Gasteiger partial charge < -0.3 is 9.84 Å². The number of ether oxygens (including phenoxy) is 1. The van der Waals surface area contributed by atoms with Crippen molar-refractivity contribution in [2.75, 3.05) is 11.9 Å². The lowest BCUT2D eigenvalue weighted by atomic mass is 10.1. The third-order valence-electron chi connectivity index (χ3n) is 5.78. The first-order valence-corrected chi connectivity index (χ1v) is 14.6. The van der Waals surface area contributed by atoms with Crippen LogP contribution >= 0.6 is 34.5 Å². The maximum absolute atomic E-state index is 12.8. The van der Waals surface area contributed by atoms with Gasteiger partial charge in [-0.05, 0) is 51.0 Å². The molecule has 0 spiro atoms. The largest absolute Gasteiger partial charge is 0.417 e. The minimum atomic E-state index is -3.99. The van der Waals surface area contributed by atoms with E-state index in [9.17, 15) is 18.3 Å². The van der Waals surface area contributed by atoms with Crippen LogP contribution < -0.4 is 14.8 Å². The van der Waals surface area contributed by atoms with Crippen LogP contribution in [0.15, 0.2) is 46.8 Å². The second-order valence-electron chi connectivity index (χ2n) is 9.51. The lowest BCUT2D eigenvalue weighted by molar-refractivity contribution is 0.208. The second kappa shape index (κ2) is 10.1. The first-order chi connectivity index (χ1) is 18.0. The number of carbonyl (C=O) groups is 1. The number of hydrogen-bond donors (Lipinski definition) is 3. The van der Waals surface area contributed by atoms with Crippen LogP contribution in [0, 0.1) is 0 Å². The van der Waals surface area contributed by atoms with Crippen LogP contribution in [0.2, 0.25) is 9.36 Å². The molecule has 200 valence electrons. The summed E-state index contributed by atoms with van der Waals surface area (Å²) in [6, 6.07) is 10.5. The molecule has 14 heteroatoms. The number of carbonyl (C=O) groups excluding carboxylic acids is 1. The molecular weight excluding hydrogens is 573 g/mol. The Kier molecular flexibility index (Phi) is 7.14. The summed E-state index contributed by atoms with van der Waals surface area (Å²) in [5, 5.41) is 16.9. The highest BCUT2D eigenvalue weighted by Gasteiger charge is 2.30. The molecule has 0 radical (unpaired) electrons. The van der Waals surface area contributed by atoms with E-state index in [2.05, 4.69) is 20.1 Å². The van der Waals surface area contributed by atoms with Crippen molar-refractivity contribution in [2.24, 2.45) is 0 Å². The highest BCUT2D eigenvalue weighted by molar-refractivity contribution is 7.91. The molecule has 0 bridgehead atoms. The summed E-state index contributed by atoms with van der Waals surface area (Å²) >= 11 is 13.0. The fourth-order valence-corrected chi connectivity index (χ4v) is 6.89. The smallest absolute Gasteiger partial charge is 0.404 e. The third-order valence-corrected chi connectivity index (χ3v) is 9.56. The van der Waals surface area contributed by atoms with E-state index in [1.807, 2.05) is 18.2 Å². The van der Waals surface area contributed by atoms with Crippen LogP contribution in [0.1, 0.15) is 38.3 Å². The zero-order chi connectivity index (χ0) is 27.2. The van der Waals surface area contributed by atoms with Crippen LogP contribution in [0.3, 0.4) is 0 Å². The van der Waals surface area contributed by atoms with Gasteiger partial charge in [-0.25, -0.2) is 27.4 Å². The molecule has 3 aromatic heterocycles. The second-order valence-corrected chi connectivity index (χ2v) is 13.5. The number of hydrogen-bond acceptors (Lipinski definition) is 8. The number of fused-ring (bicyclic) bond motifs is 1. The number of thiophene rings is 1. The summed E-state index contributed by atoms with van der Waals surface area (Å²) in [6.07, 6.45) is 2.58. The number of anilines is 1. The Hall–Kier alpha value is -2.74. The molecule has 1 amide bonds. The van der Waals surface area contributed by atoms with Crippen LogP contribution in [0.4, 0.5) is 10.5 Å². The van der Waals surface area contributed by atoms with Crippen molar-refractivity contribution in [3.8, 4) is 17.0 Å². The van der Waals surface area contributed by atoms with Gasteiger partial charge in [0.05, 0.1) is 29.7 Å². The number of rotatable bonds is 8. The Labute approximate surface area is 232 Å². The summed E-state index contributed by atoms with van der Waals surface area (Å²) in [4.78, 5) is 17.5. The highest BCUT2D eigenvalue weighted by Crippen LogP contribution is 2.42. The molecule has 10 nitrogen and oxygen atoms in total. The van der Waals surface area contributed by atoms with Crippen molar-refractivity contribution in [3.63, 3.8) is 0 Å². The predicted octanol–water partition coefficient (Wildman–Crippen LogP) is 5.30. The molecular formula is C24H23Cl2N5O5S2. The van der Waals surface area contributed by atoms with Crippen molar-refractivity contribution in [1.29, 1.82) is 0 Å². The maximum atomic E-state index is 12.8. The van der Waals surface area contributed by atoms with Crippen LogP contribution in [0.25, 0.3) is 16.9 Å². The van der Waals surface area contributed by atoms with E-state index in [-0.39, 0.29) is 20.0 Å². The molecule has 3 N–H and O–H groups in total. The first-order valence-electron chi connectivity index (χ1n) is 11.5. The Morgan fingerprint density at radius 3 is 2.61 bits per heavy atom. The molecule has 0 saturated heterocycles. The average molecular weight is 597 g/mol. The van der Waals surface area contributed by atoms with Gasteiger partial charge in [0, 0.05) is 22.2 Å². The number of amides is 1. The van der Waals surface area contributed by atoms with Gasteiger partial charge in [-0.15, -0.1) is 11.3 Å². The van der Waals surface area contributed by atoms with E-state index in [0.717, 1.165) is 35.4 Å². The van der Waals surface area contributed by atoms with Crippen LogP contribution in [-0.4, -0.2) is 46.4 Å². The van der Waals surface area contributed by atoms with Crippen molar-refractivity contribution < 1.29 is 23.1 Å². The highest BCUT2D eigenvalue weighted by atomic mass is 35.5. The van der Waals surface area contributed by atoms with Crippen LogP contribution in [0.5, 0.6) is 5.75 Å². The van der Waals surface area contributed by atoms with Crippen molar-refractivity contribution in [2.45, 2.75) is 42.4 Å². The number of aliphatic hydroxyl groups is 1. The Bertz CT molecular complexity index is 1630. The van der Waals surface area contributed by atoms with Crippen molar-refractivity contribution in [3.05, 3.63) is 57.6 Å². The van der Waals surface area contributed by atoms with E-state index in [4.69, 9.17) is 27.9 Å². The molecule has 1 fully saturated rings. The van der Waals surface area contributed by atoms with Crippen LogP contribution in [-0.2, 0) is 10.0 Å². The standard InChI is InChI=1S/C24H23Cl2N5O5S2/c1-24(2,12-32)30-38(34,35)20-10-17(21(26)37-20)29-23(33)36-19-11-27-31-18(14-3-4-14)9-16(28-22(19)31)13-5-7-15(25)8-6-13/h5-11,14,30,32H,3-4,12H2,1-2H3,(H,29,33). The predicted molar refractivity (Wildman–Crippen MR) is 146 cm³/mol. The van der Waals surface area contributed by atoms with E-state index >= 15 is 0 Å². The van der Waals surface area contributed by atoms with E-state index in [0.29, 0.717) is 22.3 Å². The quantitative estimate of drug-likeness (QED) is 0.251. The zero-order valence-corrected chi connectivity index (χ0v) is 23.4. The molecule has 0 atom stereocenters. The van der Waals surface area contributed by atoms with Gasteiger partial charge in [0.15, 0.2) is 11.4 Å². The molecule has 1 aliphatic carbocycles. The number of halogens is 2. The molecule has 3 heterocycles. The number of aliphatic hydroxyl groups excluding tert-OH is 1. The topological polar surface area (TPSA) is 135 Å². The molecule has 1 aromatic carbocycles. The van der Waals surface area contributed by atoms with E-state index < -0.39 is 28.3 Å². The van der Waals surface area contributed by atoms with Gasteiger partial charge in [-0.3, -0.25) is 5.32 Å². The summed E-state index contributed by atoms with van der Waals surface area (Å²) in [5.74, 6) is 0.466. The number of nitrogens with zero attached hydrogens (tertiary/aromatic N) is 3. The average Bonchev–Trinajstić information content (AvgIpc) is 3.53. The van der Waals surface area contributed by atoms with Crippen molar-refractivity contribution in [1.82, 2.24) is 19.3 Å². The maximum Gasteiger partial charge on any atom is 0.417 e. The monoisotopic (exact) mass is 595 g/mol. The first kappa shape index (κ1) is 26.9. The SMILES string of the molecule is CC(C)(CO)NS(=O)(=O)c1cc(NC(=O)Oc2cnn3c(C4CC4)cc(-c4ccc(Cl)cc4)nc23)c(Cl)s1. The summed E-state index contributed by atoms with van der Waals surface area (Å²) in [7, 11) is -3.99. The molecule has 0 aliphatic heterocycles. The Morgan fingerprint density at radius 1 is 1.24 bits per heavy atom. The zero-order valence-electron chi connectivity index (χ0n) is 20.2. The molecule has 0 unspecified atom stereocenters. The third kappa shape index (κ3) is 5.65. The summed E-state index contributed by atoms with van der Waals surface area (Å²) in [5.41, 5.74) is 1.85. The molecule has 38 heavy (non-hydrogen) atoms.